The van der Waals surface area contributed by atoms with E-state index in [0.717, 1.165) is 29.2 Å². The fraction of sp³-hybridized carbons (Fsp3) is 0.333. The Morgan fingerprint density at radius 1 is 1.35 bits per heavy atom. The summed E-state index contributed by atoms with van der Waals surface area (Å²) in [4.78, 5) is 12.8. The number of benzene rings is 1. The van der Waals surface area contributed by atoms with Crippen molar-refractivity contribution < 1.29 is 9.34 Å². The van der Waals surface area contributed by atoms with Crippen LogP contribution in [0.15, 0.2) is 40.0 Å². The molecule has 0 saturated heterocycles. The number of nitrogens with zero attached hydrogens (tertiary/aromatic N) is 3. The maximum absolute atomic E-state index is 10.7. The summed E-state index contributed by atoms with van der Waals surface area (Å²) >= 11 is 3.19. The van der Waals surface area contributed by atoms with Crippen molar-refractivity contribution in [3.05, 3.63) is 56.5 Å². The van der Waals surface area contributed by atoms with Crippen molar-refractivity contribution in [3.63, 3.8) is 0 Å². The fourth-order valence-corrected chi connectivity index (χ4v) is 4.89. The highest BCUT2D eigenvalue weighted by Crippen LogP contribution is 2.37. The van der Waals surface area contributed by atoms with Crippen LogP contribution in [-0.4, -0.2) is 15.1 Å². The average Bonchev–Trinajstić information content (AvgIpc) is 3.26. The minimum atomic E-state index is -0.400. The van der Waals surface area contributed by atoms with E-state index < -0.39 is 4.92 Å². The van der Waals surface area contributed by atoms with Gasteiger partial charge in [0.2, 0.25) is 0 Å². The van der Waals surface area contributed by atoms with E-state index in [1.807, 2.05) is 0 Å². The lowest BCUT2D eigenvalue weighted by atomic mass is 9.90. The number of non-ortho nitro benzene ring substituents is 1. The lowest BCUT2D eigenvalue weighted by Crippen LogP contribution is -2.07. The number of fused-ring (bicyclic) bond motifs is 1. The van der Waals surface area contributed by atoms with Crippen LogP contribution in [0.2, 0.25) is 0 Å². The number of aryl methyl sites for hydroxylation is 1. The Morgan fingerprint density at radius 3 is 2.92 bits per heavy atom. The largest absolute Gasteiger partial charge is 0.410 e. The first-order valence-electron chi connectivity index (χ1n) is 8.40. The summed E-state index contributed by atoms with van der Waals surface area (Å²) in [6.45, 7) is 2.29. The summed E-state index contributed by atoms with van der Waals surface area (Å²) in [5.74, 6) is 1.93. The number of thioether (sulfide) groups is 1. The lowest BCUT2D eigenvalue weighted by molar-refractivity contribution is -0.384. The summed E-state index contributed by atoms with van der Waals surface area (Å²) < 4.78 is 5.80. The molecule has 1 aromatic carbocycles. The SMILES string of the molecule is C[C@@H]1CCc2sc(-c3nnc(SCc4ccc([N+](=O)[O-])cc4)o3)cc2C1. The summed E-state index contributed by atoms with van der Waals surface area (Å²) in [5, 5.41) is 19.5. The highest BCUT2D eigenvalue weighted by Gasteiger charge is 2.21. The lowest BCUT2D eigenvalue weighted by Gasteiger charge is -2.16. The van der Waals surface area contributed by atoms with Crippen LogP contribution in [0.3, 0.4) is 0 Å². The smallest absolute Gasteiger partial charge is 0.277 e. The number of rotatable bonds is 5. The van der Waals surface area contributed by atoms with Gasteiger partial charge in [-0.25, -0.2) is 0 Å². The van der Waals surface area contributed by atoms with Crippen molar-refractivity contribution in [1.29, 1.82) is 0 Å². The molecule has 4 rings (SSSR count). The minimum Gasteiger partial charge on any atom is -0.410 e. The molecule has 134 valence electrons. The van der Waals surface area contributed by atoms with Crippen LogP contribution >= 0.6 is 23.1 Å². The van der Waals surface area contributed by atoms with Gasteiger partial charge in [-0.2, -0.15) is 0 Å². The van der Waals surface area contributed by atoms with E-state index in [2.05, 4.69) is 23.2 Å². The zero-order valence-electron chi connectivity index (χ0n) is 14.2. The molecule has 26 heavy (non-hydrogen) atoms. The Bertz CT molecular complexity index is 934. The summed E-state index contributed by atoms with van der Waals surface area (Å²) in [6, 6.07) is 8.69. The van der Waals surface area contributed by atoms with Gasteiger partial charge in [-0.05, 0) is 42.4 Å². The molecule has 0 unspecified atom stereocenters. The second-order valence-electron chi connectivity index (χ2n) is 6.49. The van der Waals surface area contributed by atoms with Gasteiger partial charge in [0.25, 0.3) is 16.8 Å². The van der Waals surface area contributed by atoms with Crippen molar-refractivity contribution in [2.24, 2.45) is 5.92 Å². The van der Waals surface area contributed by atoms with Crippen LogP contribution in [0.4, 0.5) is 5.69 Å². The Labute approximate surface area is 158 Å². The summed E-state index contributed by atoms with van der Waals surface area (Å²) in [6.07, 6.45) is 3.51. The number of aromatic nitrogens is 2. The molecule has 0 amide bonds. The van der Waals surface area contributed by atoms with E-state index in [4.69, 9.17) is 4.42 Å². The highest BCUT2D eigenvalue weighted by molar-refractivity contribution is 7.98. The molecule has 0 fully saturated rings. The zero-order chi connectivity index (χ0) is 18.1. The van der Waals surface area contributed by atoms with E-state index in [9.17, 15) is 10.1 Å². The molecular weight excluding hydrogens is 370 g/mol. The van der Waals surface area contributed by atoms with Crippen molar-refractivity contribution >= 4 is 28.8 Å². The number of thiophene rings is 1. The minimum absolute atomic E-state index is 0.0924. The van der Waals surface area contributed by atoms with E-state index in [1.165, 1.54) is 40.8 Å². The van der Waals surface area contributed by atoms with Gasteiger partial charge in [-0.15, -0.1) is 21.5 Å². The maximum Gasteiger partial charge on any atom is 0.277 e. The Balaban J connectivity index is 1.42. The first-order chi connectivity index (χ1) is 12.6. The Morgan fingerprint density at radius 2 is 2.15 bits per heavy atom. The molecule has 2 aromatic heterocycles. The predicted molar refractivity (Wildman–Crippen MR) is 101 cm³/mol. The third-order valence-corrected chi connectivity index (χ3v) is 6.57. The van der Waals surface area contributed by atoms with Gasteiger partial charge in [0, 0.05) is 22.8 Å². The van der Waals surface area contributed by atoms with Gasteiger partial charge >= 0.3 is 0 Å². The van der Waals surface area contributed by atoms with Crippen LogP contribution in [0, 0.1) is 16.0 Å². The van der Waals surface area contributed by atoms with Crippen LogP contribution in [-0.2, 0) is 18.6 Å². The molecule has 3 aromatic rings. The van der Waals surface area contributed by atoms with Crippen LogP contribution in [0.1, 0.15) is 29.3 Å². The standard InChI is InChI=1S/C18H17N3O3S2/c1-11-2-7-15-13(8-11)9-16(26-15)17-19-20-18(24-17)25-10-12-3-5-14(6-4-12)21(22)23/h3-6,9,11H,2,7-8,10H2,1H3/t11-/m1/s1. The number of nitro benzene ring substituents is 1. The van der Waals surface area contributed by atoms with Gasteiger partial charge in [0.05, 0.1) is 9.80 Å². The topological polar surface area (TPSA) is 82.1 Å². The second kappa shape index (κ2) is 7.20. The quantitative estimate of drug-likeness (QED) is 0.343. The molecule has 0 saturated carbocycles. The maximum atomic E-state index is 10.7. The van der Waals surface area contributed by atoms with E-state index >= 15 is 0 Å². The first kappa shape index (κ1) is 17.2. The van der Waals surface area contributed by atoms with Crippen molar-refractivity contribution in [2.45, 2.75) is 37.2 Å². The third kappa shape index (κ3) is 3.66. The normalized spacial score (nSPS) is 16.4. The number of nitro groups is 1. The fourth-order valence-electron chi connectivity index (χ4n) is 3.04. The van der Waals surface area contributed by atoms with Gasteiger partial charge in [-0.3, -0.25) is 10.1 Å². The van der Waals surface area contributed by atoms with Crippen LogP contribution in [0.25, 0.3) is 10.8 Å². The van der Waals surface area contributed by atoms with Crippen LogP contribution < -0.4 is 0 Å². The third-order valence-electron chi connectivity index (χ3n) is 4.46. The molecular formula is C18H17N3O3S2. The van der Waals surface area contributed by atoms with E-state index in [1.54, 1.807) is 23.5 Å². The molecule has 0 spiro atoms. The molecule has 1 atom stereocenters. The molecule has 0 N–H and O–H groups in total. The molecule has 8 heteroatoms. The first-order valence-corrected chi connectivity index (χ1v) is 10.2. The Kier molecular flexibility index (Phi) is 4.78. The molecule has 6 nitrogen and oxygen atoms in total. The summed E-state index contributed by atoms with van der Waals surface area (Å²) in [5.41, 5.74) is 2.48. The van der Waals surface area contributed by atoms with E-state index in [-0.39, 0.29) is 5.69 Å². The van der Waals surface area contributed by atoms with Crippen molar-refractivity contribution in [3.8, 4) is 10.8 Å². The Hall–Kier alpha value is -2.19. The zero-order valence-corrected chi connectivity index (χ0v) is 15.8. The van der Waals surface area contributed by atoms with Crippen molar-refractivity contribution in [2.75, 3.05) is 0 Å². The highest BCUT2D eigenvalue weighted by atomic mass is 32.2. The average molecular weight is 387 g/mol. The van der Waals surface area contributed by atoms with Crippen molar-refractivity contribution in [1.82, 2.24) is 10.2 Å². The molecule has 1 aliphatic rings. The van der Waals surface area contributed by atoms with Gasteiger partial charge in [-0.1, -0.05) is 30.8 Å². The molecule has 0 radical (unpaired) electrons. The molecule has 2 heterocycles. The predicted octanol–water partition coefficient (Wildman–Crippen LogP) is 5.12. The molecule has 1 aliphatic carbocycles. The number of hydrogen-bond acceptors (Lipinski definition) is 7. The second-order valence-corrected chi connectivity index (χ2v) is 8.56. The monoisotopic (exact) mass is 387 g/mol. The molecule has 0 aliphatic heterocycles. The van der Waals surface area contributed by atoms with Gasteiger partial charge in [0.15, 0.2) is 0 Å². The molecule has 0 bridgehead atoms. The van der Waals surface area contributed by atoms with E-state index in [0.29, 0.717) is 16.9 Å². The van der Waals surface area contributed by atoms with Gasteiger partial charge in [0.1, 0.15) is 0 Å². The van der Waals surface area contributed by atoms with Crippen LogP contribution in [0.5, 0.6) is 0 Å². The summed E-state index contributed by atoms with van der Waals surface area (Å²) in [7, 11) is 0. The van der Waals surface area contributed by atoms with Gasteiger partial charge < -0.3 is 4.42 Å². The number of hydrogen-bond donors (Lipinski definition) is 0.